The van der Waals surface area contributed by atoms with Crippen LogP contribution in [0, 0.1) is 0 Å². The lowest BCUT2D eigenvalue weighted by Crippen LogP contribution is -2.14. The molecule has 0 heterocycles. The Morgan fingerprint density at radius 3 is 2.50 bits per heavy atom. The standard InChI is InChI=1S/C10H11NO3/c12-7-9-3-1-8(2-4-9)5-6-10(13)11-14/h1-6,12,14H,7H2,(H,11,13). The van der Waals surface area contributed by atoms with Crippen molar-refractivity contribution in [2.75, 3.05) is 0 Å². The van der Waals surface area contributed by atoms with Crippen molar-refractivity contribution in [1.29, 1.82) is 0 Å². The molecular formula is C10H11NO3. The first-order valence-electron chi connectivity index (χ1n) is 4.08. The number of carbonyl (C=O) groups excluding carboxylic acids is 1. The average Bonchev–Trinajstić information content (AvgIpc) is 2.26. The van der Waals surface area contributed by atoms with Crippen molar-refractivity contribution in [2.24, 2.45) is 0 Å². The first-order chi connectivity index (χ1) is 6.76. The molecule has 0 unspecified atom stereocenters. The van der Waals surface area contributed by atoms with Crippen LogP contribution in [0.3, 0.4) is 0 Å². The highest BCUT2D eigenvalue weighted by Crippen LogP contribution is 2.05. The van der Waals surface area contributed by atoms with Crippen LogP contribution in [0.15, 0.2) is 30.3 Å². The Bertz CT molecular complexity index is 330. The lowest BCUT2D eigenvalue weighted by Gasteiger charge is -1.96. The van der Waals surface area contributed by atoms with Crippen molar-refractivity contribution < 1.29 is 15.1 Å². The van der Waals surface area contributed by atoms with Gasteiger partial charge in [-0.1, -0.05) is 24.3 Å². The van der Waals surface area contributed by atoms with Gasteiger partial charge in [-0.15, -0.1) is 0 Å². The predicted molar refractivity (Wildman–Crippen MR) is 51.3 cm³/mol. The highest BCUT2D eigenvalue weighted by molar-refractivity contribution is 5.90. The Kier molecular flexibility index (Phi) is 3.84. The second-order valence-corrected chi connectivity index (χ2v) is 2.71. The van der Waals surface area contributed by atoms with Crippen LogP contribution in [0.25, 0.3) is 6.08 Å². The third kappa shape index (κ3) is 3.01. The summed E-state index contributed by atoms with van der Waals surface area (Å²) in [5.74, 6) is -0.573. The van der Waals surface area contributed by atoms with Crippen LogP contribution in [-0.4, -0.2) is 16.2 Å². The van der Waals surface area contributed by atoms with E-state index in [9.17, 15) is 4.79 Å². The van der Waals surface area contributed by atoms with Gasteiger partial charge in [0, 0.05) is 6.08 Å². The van der Waals surface area contributed by atoms with Gasteiger partial charge in [0.1, 0.15) is 0 Å². The van der Waals surface area contributed by atoms with Gasteiger partial charge in [-0.25, -0.2) is 5.48 Å². The van der Waals surface area contributed by atoms with Gasteiger partial charge in [-0.3, -0.25) is 10.0 Å². The van der Waals surface area contributed by atoms with E-state index in [-0.39, 0.29) is 6.61 Å². The third-order valence-electron chi connectivity index (χ3n) is 1.70. The van der Waals surface area contributed by atoms with Gasteiger partial charge >= 0.3 is 0 Å². The van der Waals surface area contributed by atoms with Crippen LogP contribution >= 0.6 is 0 Å². The van der Waals surface area contributed by atoms with Gasteiger partial charge in [0.05, 0.1) is 6.61 Å². The fourth-order valence-electron chi connectivity index (χ4n) is 0.943. The molecule has 1 amide bonds. The zero-order valence-electron chi connectivity index (χ0n) is 7.47. The molecule has 4 heteroatoms. The average molecular weight is 193 g/mol. The monoisotopic (exact) mass is 193 g/mol. The number of nitrogens with one attached hydrogen (secondary N) is 1. The summed E-state index contributed by atoms with van der Waals surface area (Å²) in [7, 11) is 0. The lowest BCUT2D eigenvalue weighted by molar-refractivity contribution is -0.124. The summed E-state index contributed by atoms with van der Waals surface area (Å²) in [5.41, 5.74) is 3.13. The SMILES string of the molecule is O=C(C=Cc1ccc(CO)cc1)NO. The van der Waals surface area contributed by atoms with E-state index in [4.69, 9.17) is 10.3 Å². The van der Waals surface area contributed by atoms with Crippen LogP contribution < -0.4 is 5.48 Å². The molecule has 0 spiro atoms. The first kappa shape index (κ1) is 10.4. The van der Waals surface area contributed by atoms with Gasteiger partial charge in [0.15, 0.2) is 0 Å². The normalized spacial score (nSPS) is 10.4. The predicted octanol–water partition coefficient (Wildman–Crippen LogP) is 0.698. The van der Waals surface area contributed by atoms with Gasteiger partial charge in [0.2, 0.25) is 0 Å². The van der Waals surface area contributed by atoms with Crippen molar-refractivity contribution in [1.82, 2.24) is 5.48 Å². The molecule has 0 bridgehead atoms. The molecule has 0 aliphatic heterocycles. The van der Waals surface area contributed by atoms with E-state index in [2.05, 4.69) is 0 Å². The summed E-state index contributed by atoms with van der Waals surface area (Å²) >= 11 is 0. The molecule has 1 rings (SSSR count). The van der Waals surface area contributed by atoms with Gasteiger partial charge in [-0.2, -0.15) is 0 Å². The Morgan fingerprint density at radius 2 is 2.00 bits per heavy atom. The second kappa shape index (κ2) is 5.16. The van der Waals surface area contributed by atoms with Gasteiger partial charge in [-0.05, 0) is 17.2 Å². The Hall–Kier alpha value is -1.65. The number of hydrogen-bond acceptors (Lipinski definition) is 3. The van der Waals surface area contributed by atoms with Gasteiger partial charge in [0.25, 0.3) is 5.91 Å². The van der Waals surface area contributed by atoms with Crippen LogP contribution in [0.5, 0.6) is 0 Å². The van der Waals surface area contributed by atoms with E-state index in [0.717, 1.165) is 11.1 Å². The number of hydroxylamine groups is 1. The number of amides is 1. The minimum atomic E-state index is -0.573. The van der Waals surface area contributed by atoms with Crippen molar-refractivity contribution in [3.8, 4) is 0 Å². The summed E-state index contributed by atoms with van der Waals surface area (Å²) in [6, 6.07) is 7.06. The summed E-state index contributed by atoms with van der Waals surface area (Å²) in [6.07, 6.45) is 2.78. The maximum absolute atomic E-state index is 10.6. The van der Waals surface area contributed by atoms with Crippen LogP contribution in [0.1, 0.15) is 11.1 Å². The van der Waals surface area contributed by atoms with Crippen LogP contribution in [0.4, 0.5) is 0 Å². The largest absolute Gasteiger partial charge is 0.392 e. The number of aliphatic hydroxyl groups is 1. The Balaban J connectivity index is 2.68. The molecule has 0 saturated carbocycles. The maximum atomic E-state index is 10.6. The molecule has 0 radical (unpaired) electrons. The zero-order valence-corrected chi connectivity index (χ0v) is 7.47. The molecular weight excluding hydrogens is 182 g/mol. The van der Waals surface area contributed by atoms with Crippen molar-refractivity contribution in [3.63, 3.8) is 0 Å². The number of aliphatic hydroxyl groups excluding tert-OH is 1. The molecule has 0 fully saturated rings. The summed E-state index contributed by atoms with van der Waals surface area (Å²) in [5, 5.41) is 17.0. The van der Waals surface area contributed by atoms with Crippen LogP contribution in [-0.2, 0) is 11.4 Å². The molecule has 74 valence electrons. The molecule has 0 aromatic heterocycles. The number of carbonyl (C=O) groups is 1. The van der Waals surface area contributed by atoms with E-state index < -0.39 is 5.91 Å². The van der Waals surface area contributed by atoms with E-state index in [1.54, 1.807) is 30.3 Å². The summed E-state index contributed by atoms with van der Waals surface area (Å²) in [6.45, 7) is 0.00111. The van der Waals surface area contributed by atoms with E-state index in [0.29, 0.717) is 0 Å². The second-order valence-electron chi connectivity index (χ2n) is 2.71. The van der Waals surface area contributed by atoms with Gasteiger partial charge < -0.3 is 5.11 Å². The molecule has 4 nitrogen and oxygen atoms in total. The third-order valence-corrected chi connectivity index (χ3v) is 1.70. The lowest BCUT2D eigenvalue weighted by atomic mass is 10.1. The Labute approximate surface area is 81.5 Å². The van der Waals surface area contributed by atoms with E-state index >= 15 is 0 Å². The number of hydrogen-bond donors (Lipinski definition) is 3. The highest BCUT2D eigenvalue weighted by atomic mass is 16.5. The fraction of sp³-hybridized carbons (Fsp3) is 0.100. The number of benzene rings is 1. The molecule has 0 aliphatic carbocycles. The van der Waals surface area contributed by atoms with Crippen molar-refractivity contribution >= 4 is 12.0 Å². The van der Waals surface area contributed by atoms with Crippen LogP contribution in [0.2, 0.25) is 0 Å². The van der Waals surface area contributed by atoms with Crippen molar-refractivity contribution in [2.45, 2.75) is 6.61 Å². The molecule has 0 atom stereocenters. The topological polar surface area (TPSA) is 69.6 Å². The minimum absolute atomic E-state index is 0.00111. The zero-order chi connectivity index (χ0) is 10.4. The van der Waals surface area contributed by atoms with E-state index in [1.807, 2.05) is 0 Å². The molecule has 0 saturated heterocycles. The minimum Gasteiger partial charge on any atom is -0.392 e. The highest BCUT2D eigenvalue weighted by Gasteiger charge is 1.92. The maximum Gasteiger partial charge on any atom is 0.267 e. The number of rotatable bonds is 3. The molecule has 1 aromatic rings. The Morgan fingerprint density at radius 1 is 1.36 bits per heavy atom. The molecule has 14 heavy (non-hydrogen) atoms. The summed E-state index contributed by atoms with van der Waals surface area (Å²) < 4.78 is 0. The quantitative estimate of drug-likeness (QED) is 0.376. The summed E-state index contributed by atoms with van der Waals surface area (Å²) in [4.78, 5) is 10.6. The first-order valence-corrected chi connectivity index (χ1v) is 4.08. The van der Waals surface area contributed by atoms with Crippen molar-refractivity contribution in [3.05, 3.63) is 41.5 Å². The molecule has 0 aliphatic rings. The smallest absolute Gasteiger partial charge is 0.267 e. The molecule has 3 N–H and O–H groups in total. The van der Waals surface area contributed by atoms with E-state index in [1.165, 1.54) is 11.6 Å². The fourth-order valence-corrected chi connectivity index (χ4v) is 0.943. The molecule has 1 aromatic carbocycles.